The quantitative estimate of drug-likeness (QED) is 0.545. The molecule has 136 valence electrons. The molecule has 0 aliphatic carbocycles. The number of hydrazine groups is 1. The van der Waals surface area contributed by atoms with Crippen LogP contribution >= 0.6 is 11.8 Å². The maximum atomic E-state index is 12.4. The van der Waals surface area contributed by atoms with E-state index in [1.54, 1.807) is 12.1 Å². The number of benzene rings is 2. The number of aryl methyl sites for hydroxylation is 1. The van der Waals surface area contributed by atoms with Crippen LogP contribution in [0.2, 0.25) is 0 Å². The number of amides is 1. The Morgan fingerprint density at radius 1 is 1.19 bits per heavy atom. The molecule has 2 aromatic carbocycles. The minimum atomic E-state index is -0.443. The van der Waals surface area contributed by atoms with Crippen molar-refractivity contribution in [2.45, 2.75) is 12.3 Å². The van der Waals surface area contributed by atoms with Gasteiger partial charge < -0.3 is 0 Å². The monoisotopic (exact) mass is 381 g/mol. The van der Waals surface area contributed by atoms with E-state index in [1.165, 1.54) is 28.9 Å². The van der Waals surface area contributed by atoms with Crippen molar-refractivity contribution in [3.63, 3.8) is 0 Å². The second-order valence-corrected chi connectivity index (χ2v) is 7.11. The van der Waals surface area contributed by atoms with Gasteiger partial charge in [0.1, 0.15) is 5.37 Å². The van der Waals surface area contributed by atoms with Crippen LogP contribution in [0, 0.1) is 17.0 Å². The number of hydrogen-bond acceptors (Lipinski definition) is 7. The lowest BCUT2D eigenvalue weighted by atomic mass is 10.2. The van der Waals surface area contributed by atoms with E-state index in [4.69, 9.17) is 0 Å². The van der Waals surface area contributed by atoms with Crippen molar-refractivity contribution in [2.24, 2.45) is 0 Å². The number of para-hydroxylation sites is 2. The zero-order valence-corrected chi connectivity index (χ0v) is 15.1. The summed E-state index contributed by atoms with van der Waals surface area (Å²) < 4.78 is 0. The number of nitro benzene ring substituents is 1. The van der Waals surface area contributed by atoms with Crippen LogP contribution in [0.1, 0.15) is 16.6 Å². The van der Waals surface area contributed by atoms with E-state index in [9.17, 15) is 14.9 Å². The van der Waals surface area contributed by atoms with Crippen LogP contribution in [0.25, 0.3) is 11.0 Å². The Morgan fingerprint density at radius 3 is 2.67 bits per heavy atom. The molecule has 1 aliphatic heterocycles. The number of fused-ring (bicyclic) bond motifs is 1. The summed E-state index contributed by atoms with van der Waals surface area (Å²) in [4.78, 5) is 32.1. The molecule has 1 aromatic heterocycles. The topological polar surface area (TPSA) is 101 Å². The Morgan fingerprint density at radius 2 is 1.93 bits per heavy atom. The number of carbonyl (C=O) groups is 1. The highest BCUT2D eigenvalue weighted by atomic mass is 32.2. The fourth-order valence-electron chi connectivity index (χ4n) is 2.89. The second kappa shape index (κ2) is 6.84. The zero-order chi connectivity index (χ0) is 19.0. The third-order valence-corrected chi connectivity index (χ3v) is 5.42. The number of aromatic nitrogens is 2. The first-order chi connectivity index (χ1) is 13.0. The van der Waals surface area contributed by atoms with E-state index >= 15 is 0 Å². The number of nitrogens with one attached hydrogen (secondary N) is 1. The molecule has 1 unspecified atom stereocenters. The molecule has 1 fully saturated rings. The third-order valence-electron chi connectivity index (χ3n) is 4.21. The van der Waals surface area contributed by atoms with Crippen LogP contribution in [0.3, 0.4) is 0 Å². The van der Waals surface area contributed by atoms with Gasteiger partial charge in [-0.1, -0.05) is 24.3 Å². The summed E-state index contributed by atoms with van der Waals surface area (Å²) in [5.74, 6) is 0.645. The number of hydrogen-bond donors (Lipinski definition) is 1. The summed E-state index contributed by atoms with van der Waals surface area (Å²) in [6, 6.07) is 13.8. The van der Waals surface area contributed by atoms with Crippen molar-refractivity contribution < 1.29 is 9.72 Å². The van der Waals surface area contributed by atoms with Gasteiger partial charge in [-0.25, -0.2) is 15.0 Å². The standard InChI is InChI=1S/C18H15N5O3S/c1-11-17(20-15-8-3-2-7-14(15)19-11)21-22-16(24)10-27-18(22)12-5-4-6-13(9-12)23(25)26/h2-9,18H,10H2,1H3,(H,20,21). The average Bonchev–Trinajstić information content (AvgIpc) is 3.03. The molecule has 1 aliphatic rings. The van der Waals surface area contributed by atoms with Crippen molar-refractivity contribution in [3.8, 4) is 0 Å². The summed E-state index contributed by atoms with van der Waals surface area (Å²) in [6.07, 6.45) is 0. The van der Waals surface area contributed by atoms with Gasteiger partial charge in [-0.15, -0.1) is 11.8 Å². The molecular weight excluding hydrogens is 366 g/mol. The average molecular weight is 381 g/mol. The van der Waals surface area contributed by atoms with Gasteiger partial charge in [-0.3, -0.25) is 20.3 Å². The van der Waals surface area contributed by atoms with Gasteiger partial charge in [-0.05, 0) is 24.6 Å². The molecule has 8 nitrogen and oxygen atoms in total. The lowest BCUT2D eigenvalue weighted by Crippen LogP contribution is -2.34. The summed E-state index contributed by atoms with van der Waals surface area (Å²) in [6.45, 7) is 1.82. The van der Waals surface area contributed by atoms with Crippen molar-refractivity contribution in [1.82, 2.24) is 15.0 Å². The molecule has 1 atom stereocenters. The van der Waals surface area contributed by atoms with E-state index in [1.807, 2.05) is 31.2 Å². The lowest BCUT2D eigenvalue weighted by Gasteiger charge is -2.25. The third kappa shape index (κ3) is 3.28. The summed E-state index contributed by atoms with van der Waals surface area (Å²) >= 11 is 1.40. The predicted octanol–water partition coefficient (Wildman–Crippen LogP) is 3.45. The Balaban J connectivity index is 1.67. The molecule has 3 aromatic rings. The van der Waals surface area contributed by atoms with Crippen LogP contribution in [0.4, 0.5) is 11.5 Å². The van der Waals surface area contributed by atoms with E-state index in [0.717, 1.165) is 11.0 Å². The summed E-state index contributed by atoms with van der Waals surface area (Å²) in [5, 5.41) is 12.1. The molecule has 0 radical (unpaired) electrons. The minimum absolute atomic E-state index is 0.00548. The van der Waals surface area contributed by atoms with Crippen molar-refractivity contribution in [2.75, 3.05) is 11.2 Å². The van der Waals surface area contributed by atoms with Gasteiger partial charge >= 0.3 is 0 Å². The maximum absolute atomic E-state index is 12.4. The highest BCUT2D eigenvalue weighted by Crippen LogP contribution is 2.39. The molecule has 1 amide bonds. The molecular formula is C18H15N5O3S. The smallest absolute Gasteiger partial charge is 0.269 e. The van der Waals surface area contributed by atoms with Gasteiger partial charge in [0.2, 0.25) is 0 Å². The molecule has 1 saturated heterocycles. The number of rotatable bonds is 4. The molecule has 27 heavy (non-hydrogen) atoms. The largest absolute Gasteiger partial charge is 0.276 e. The molecule has 0 bridgehead atoms. The first-order valence-corrected chi connectivity index (χ1v) is 9.26. The fourth-order valence-corrected chi connectivity index (χ4v) is 3.99. The second-order valence-electron chi connectivity index (χ2n) is 6.04. The van der Waals surface area contributed by atoms with Crippen LogP contribution < -0.4 is 5.43 Å². The van der Waals surface area contributed by atoms with Gasteiger partial charge in [0.05, 0.1) is 27.4 Å². The highest BCUT2D eigenvalue weighted by Gasteiger charge is 2.34. The Bertz CT molecular complexity index is 1060. The van der Waals surface area contributed by atoms with E-state index in [-0.39, 0.29) is 22.7 Å². The Hall–Kier alpha value is -3.20. The molecule has 2 heterocycles. The van der Waals surface area contributed by atoms with E-state index in [2.05, 4.69) is 15.4 Å². The molecule has 1 N–H and O–H groups in total. The number of nitro groups is 1. The number of carbonyl (C=O) groups excluding carboxylic acids is 1. The SMILES string of the molecule is Cc1nc2ccccc2nc1NN1C(=O)CSC1c1cccc([N+](=O)[O-])c1. The van der Waals surface area contributed by atoms with Gasteiger partial charge in [0, 0.05) is 12.1 Å². The summed E-state index contributed by atoms with van der Waals surface area (Å²) in [5.41, 5.74) is 5.90. The van der Waals surface area contributed by atoms with E-state index < -0.39 is 4.92 Å². The van der Waals surface area contributed by atoms with Crippen molar-refractivity contribution >= 4 is 40.2 Å². The lowest BCUT2D eigenvalue weighted by molar-refractivity contribution is -0.384. The summed E-state index contributed by atoms with van der Waals surface area (Å²) in [7, 11) is 0. The molecule has 0 saturated carbocycles. The van der Waals surface area contributed by atoms with Crippen molar-refractivity contribution in [3.05, 3.63) is 69.9 Å². The zero-order valence-electron chi connectivity index (χ0n) is 14.3. The van der Waals surface area contributed by atoms with Gasteiger partial charge in [-0.2, -0.15) is 0 Å². The number of thioether (sulfide) groups is 1. The Kier molecular flexibility index (Phi) is 4.36. The molecule has 0 spiro atoms. The van der Waals surface area contributed by atoms with Crippen LogP contribution in [0.15, 0.2) is 48.5 Å². The normalized spacial score (nSPS) is 16.7. The number of nitrogens with zero attached hydrogens (tertiary/aromatic N) is 4. The number of non-ortho nitro benzene ring substituents is 1. The fraction of sp³-hybridized carbons (Fsp3) is 0.167. The van der Waals surface area contributed by atoms with Gasteiger partial charge in [0.15, 0.2) is 5.82 Å². The van der Waals surface area contributed by atoms with Crippen LogP contribution in [-0.2, 0) is 4.79 Å². The first-order valence-electron chi connectivity index (χ1n) is 8.21. The maximum Gasteiger partial charge on any atom is 0.269 e. The minimum Gasteiger partial charge on any atom is -0.276 e. The predicted molar refractivity (Wildman–Crippen MR) is 103 cm³/mol. The van der Waals surface area contributed by atoms with Crippen molar-refractivity contribution in [1.29, 1.82) is 0 Å². The Labute approximate surface area is 158 Å². The first kappa shape index (κ1) is 17.2. The number of anilines is 1. The van der Waals surface area contributed by atoms with Crippen LogP contribution in [0.5, 0.6) is 0 Å². The van der Waals surface area contributed by atoms with Gasteiger partial charge in [0.25, 0.3) is 11.6 Å². The van der Waals surface area contributed by atoms with E-state index in [0.29, 0.717) is 17.1 Å². The molecule has 4 rings (SSSR count). The molecule has 9 heteroatoms. The highest BCUT2D eigenvalue weighted by molar-refractivity contribution is 8.00. The van der Waals surface area contributed by atoms with Crippen LogP contribution in [-0.4, -0.2) is 31.6 Å².